The minimum Gasteiger partial charge on any atom is -0.465 e. The molecule has 0 bridgehead atoms. The molecule has 0 aromatic rings. The van der Waals surface area contributed by atoms with Crippen LogP contribution < -0.4 is 5.32 Å². The van der Waals surface area contributed by atoms with Gasteiger partial charge < -0.3 is 10.1 Å². The molecule has 0 aliphatic heterocycles. The largest absolute Gasteiger partial charge is 0.465 e. The van der Waals surface area contributed by atoms with Crippen LogP contribution in [0.3, 0.4) is 0 Å². The first-order chi connectivity index (χ1) is 9.51. The molecule has 4 nitrogen and oxygen atoms in total. The predicted molar refractivity (Wildman–Crippen MR) is 66.9 cm³/mol. The molecule has 2 rings (SSSR count). The number of carbonyl (C=O) groups excluding carboxylic acids is 2. The standard InChI is InChI=1S/C14H15F2NO3/c1-3-7(14(15)16)11-8-5-9(8)13(19)12(11)17-6-10(18)20-4-2/h8-9,14,17H,1,4-6H2,2H3. The van der Waals surface area contributed by atoms with Crippen molar-refractivity contribution in [2.75, 3.05) is 13.2 Å². The maximum absolute atomic E-state index is 13.0. The number of carbonyl (C=O) groups is 2. The summed E-state index contributed by atoms with van der Waals surface area (Å²) in [5.74, 6) is -1.18. The maximum atomic E-state index is 13.0. The Bertz CT molecular complexity index is 533. The molecule has 1 fully saturated rings. The third-order valence-electron chi connectivity index (χ3n) is 3.43. The number of Topliss-reactive ketones (excluding diaryl/α,β-unsaturated/α-hetero) is 1. The second-order valence-corrected chi connectivity index (χ2v) is 4.65. The SMILES string of the molecule is C=C=C(C1=C(NCC(=O)OCC)C(=O)C2CC12)C(F)F. The molecule has 2 atom stereocenters. The number of allylic oxidation sites excluding steroid dienone is 3. The van der Waals surface area contributed by atoms with Crippen molar-refractivity contribution in [3.05, 3.63) is 29.2 Å². The Kier molecular flexibility index (Phi) is 4.04. The van der Waals surface area contributed by atoms with Crippen LogP contribution in [0, 0.1) is 11.8 Å². The van der Waals surface area contributed by atoms with E-state index in [9.17, 15) is 18.4 Å². The Morgan fingerprint density at radius 3 is 2.80 bits per heavy atom. The van der Waals surface area contributed by atoms with Gasteiger partial charge in [-0.2, -0.15) is 0 Å². The summed E-state index contributed by atoms with van der Waals surface area (Å²) in [6.45, 7) is 4.92. The highest BCUT2D eigenvalue weighted by molar-refractivity contribution is 6.04. The van der Waals surface area contributed by atoms with E-state index in [1.165, 1.54) is 0 Å². The smallest absolute Gasteiger partial charge is 0.325 e. The molecule has 0 amide bonds. The van der Waals surface area contributed by atoms with E-state index in [0.717, 1.165) is 0 Å². The van der Waals surface area contributed by atoms with Crippen molar-refractivity contribution < 1.29 is 23.1 Å². The van der Waals surface area contributed by atoms with Crippen LogP contribution in [0.4, 0.5) is 8.78 Å². The minimum absolute atomic E-state index is 0.0887. The summed E-state index contributed by atoms with van der Waals surface area (Å²) in [5.41, 5.74) is 2.21. The van der Waals surface area contributed by atoms with Crippen LogP contribution in [-0.4, -0.2) is 31.3 Å². The van der Waals surface area contributed by atoms with Crippen molar-refractivity contribution >= 4 is 11.8 Å². The number of ether oxygens (including phenoxy) is 1. The van der Waals surface area contributed by atoms with E-state index in [1.54, 1.807) is 6.92 Å². The molecule has 6 heteroatoms. The van der Waals surface area contributed by atoms with Gasteiger partial charge in [0, 0.05) is 5.92 Å². The number of nitrogens with one attached hydrogen (secondary N) is 1. The average molecular weight is 283 g/mol. The van der Waals surface area contributed by atoms with Crippen molar-refractivity contribution in [3.63, 3.8) is 0 Å². The zero-order valence-electron chi connectivity index (χ0n) is 11.0. The van der Waals surface area contributed by atoms with Gasteiger partial charge in [-0.3, -0.25) is 9.59 Å². The van der Waals surface area contributed by atoms with Crippen molar-refractivity contribution in [1.82, 2.24) is 5.32 Å². The lowest BCUT2D eigenvalue weighted by molar-refractivity contribution is -0.141. The maximum Gasteiger partial charge on any atom is 0.325 e. The van der Waals surface area contributed by atoms with E-state index in [4.69, 9.17) is 4.74 Å². The first-order valence-electron chi connectivity index (χ1n) is 6.37. The molecule has 1 N–H and O–H groups in total. The lowest BCUT2D eigenvalue weighted by atomic mass is 10.0. The van der Waals surface area contributed by atoms with Gasteiger partial charge in [-0.15, -0.1) is 5.73 Å². The number of esters is 1. The second kappa shape index (κ2) is 5.59. The van der Waals surface area contributed by atoms with Gasteiger partial charge in [0.15, 0.2) is 5.78 Å². The van der Waals surface area contributed by atoms with Gasteiger partial charge in [-0.1, -0.05) is 6.58 Å². The van der Waals surface area contributed by atoms with Gasteiger partial charge in [0.25, 0.3) is 6.43 Å². The molecule has 0 aromatic carbocycles. The first kappa shape index (κ1) is 14.5. The van der Waals surface area contributed by atoms with Crippen LogP contribution in [0.2, 0.25) is 0 Å². The molecule has 0 heterocycles. The highest BCUT2D eigenvalue weighted by Crippen LogP contribution is 2.54. The van der Waals surface area contributed by atoms with E-state index < -0.39 is 12.4 Å². The summed E-state index contributed by atoms with van der Waals surface area (Å²) in [4.78, 5) is 23.3. The minimum atomic E-state index is -2.74. The zero-order chi connectivity index (χ0) is 14.9. The van der Waals surface area contributed by atoms with E-state index in [0.29, 0.717) is 6.42 Å². The second-order valence-electron chi connectivity index (χ2n) is 4.65. The fraction of sp³-hybridized carbons (Fsp3) is 0.500. The van der Waals surface area contributed by atoms with Crippen molar-refractivity contribution in [2.24, 2.45) is 11.8 Å². The molecule has 108 valence electrons. The molecule has 0 aromatic heterocycles. The molecule has 2 aliphatic carbocycles. The van der Waals surface area contributed by atoms with E-state index >= 15 is 0 Å². The number of hydrogen-bond acceptors (Lipinski definition) is 4. The third-order valence-corrected chi connectivity index (χ3v) is 3.43. The average Bonchev–Trinajstić information content (AvgIpc) is 3.12. The van der Waals surface area contributed by atoms with Gasteiger partial charge in [0.1, 0.15) is 6.54 Å². The Morgan fingerprint density at radius 2 is 2.25 bits per heavy atom. The summed E-state index contributed by atoms with van der Waals surface area (Å²) in [6.07, 6.45) is -2.16. The zero-order valence-corrected chi connectivity index (χ0v) is 11.0. The number of hydrogen-bond donors (Lipinski definition) is 1. The molecule has 0 saturated heterocycles. The summed E-state index contributed by atoms with van der Waals surface area (Å²) >= 11 is 0. The topological polar surface area (TPSA) is 55.4 Å². The monoisotopic (exact) mass is 283 g/mol. The fourth-order valence-corrected chi connectivity index (χ4v) is 2.49. The third kappa shape index (κ3) is 2.51. The van der Waals surface area contributed by atoms with Crippen LogP contribution in [0.25, 0.3) is 0 Å². The molecule has 20 heavy (non-hydrogen) atoms. The normalized spacial score (nSPS) is 23.5. The Morgan fingerprint density at radius 1 is 1.55 bits per heavy atom. The number of rotatable bonds is 6. The number of fused-ring (bicyclic) bond motifs is 1. The Hall–Kier alpha value is -1.94. The quantitative estimate of drug-likeness (QED) is 0.594. The van der Waals surface area contributed by atoms with E-state index in [1.807, 2.05) is 0 Å². The summed E-state index contributed by atoms with van der Waals surface area (Å²) in [7, 11) is 0. The lowest BCUT2D eigenvalue weighted by Crippen LogP contribution is -2.28. The fourth-order valence-electron chi connectivity index (χ4n) is 2.49. The van der Waals surface area contributed by atoms with Crippen molar-refractivity contribution in [2.45, 2.75) is 19.8 Å². The van der Waals surface area contributed by atoms with Gasteiger partial charge in [-0.05, 0) is 24.8 Å². The van der Waals surface area contributed by atoms with Crippen LogP contribution in [0.15, 0.2) is 29.2 Å². The van der Waals surface area contributed by atoms with E-state index in [-0.39, 0.29) is 47.6 Å². The van der Waals surface area contributed by atoms with Crippen LogP contribution in [0.5, 0.6) is 0 Å². The Balaban J connectivity index is 2.21. The van der Waals surface area contributed by atoms with Gasteiger partial charge in [0.05, 0.1) is 17.9 Å². The van der Waals surface area contributed by atoms with Crippen LogP contribution in [-0.2, 0) is 14.3 Å². The molecule has 1 saturated carbocycles. The Labute approximate surface area is 115 Å². The highest BCUT2D eigenvalue weighted by atomic mass is 19.3. The molecular formula is C14H15F2NO3. The summed E-state index contributed by atoms with van der Waals surface area (Å²) in [5, 5.41) is 2.63. The van der Waals surface area contributed by atoms with Crippen molar-refractivity contribution in [3.8, 4) is 0 Å². The van der Waals surface area contributed by atoms with E-state index in [2.05, 4.69) is 17.6 Å². The van der Waals surface area contributed by atoms with Gasteiger partial charge in [0.2, 0.25) is 0 Å². The molecular weight excluding hydrogens is 268 g/mol. The van der Waals surface area contributed by atoms with Crippen LogP contribution >= 0.6 is 0 Å². The predicted octanol–water partition coefficient (Wildman–Crippen LogP) is 1.59. The number of halogens is 2. The summed E-state index contributed by atoms with van der Waals surface area (Å²) in [6, 6.07) is 0. The van der Waals surface area contributed by atoms with Crippen molar-refractivity contribution in [1.29, 1.82) is 0 Å². The van der Waals surface area contributed by atoms with Gasteiger partial charge in [-0.25, -0.2) is 8.78 Å². The number of ketones is 1. The summed E-state index contributed by atoms with van der Waals surface area (Å²) < 4.78 is 30.6. The first-order valence-corrected chi connectivity index (χ1v) is 6.37. The molecule has 0 spiro atoms. The number of alkyl halides is 2. The van der Waals surface area contributed by atoms with Gasteiger partial charge >= 0.3 is 5.97 Å². The highest BCUT2D eigenvalue weighted by Gasteiger charge is 2.55. The molecule has 2 unspecified atom stereocenters. The van der Waals surface area contributed by atoms with Crippen LogP contribution in [0.1, 0.15) is 13.3 Å². The molecule has 0 radical (unpaired) electrons. The lowest BCUT2D eigenvalue weighted by Gasteiger charge is -2.13. The molecule has 2 aliphatic rings.